The van der Waals surface area contributed by atoms with Gasteiger partial charge in [0.1, 0.15) is 17.7 Å². The van der Waals surface area contributed by atoms with E-state index in [1.165, 1.54) is 0 Å². The molecule has 0 aromatic carbocycles. The third-order valence-corrected chi connectivity index (χ3v) is 6.81. The Bertz CT molecular complexity index is 1050. The number of piperidine rings is 1. The van der Waals surface area contributed by atoms with E-state index >= 15 is 0 Å². The van der Waals surface area contributed by atoms with Crippen LogP contribution in [0.2, 0.25) is 0 Å². The van der Waals surface area contributed by atoms with Crippen LogP contribution in [0.5, 0.6) is 0 Å². The van der Waals surface area contributed by atoms with E-state index in [4.69, 9.17) is 4.98 Å². The van der Waals surface area contributed by atoms with Crippen molar-refractivity contribution < 1.29 is 0 Å². The monoisotopic (exact) mass is 375 g/mol. The predicted octanol–water partition coefficient (Wildman–Crippen LogP) is 3.02. The van der Waals surface area contributed by atoms with Gasteiger partial charge in [0.15, 0.2) is 0 Å². The Hall–Kier alpha value is -2.68. The van der Waals surface area contributed by atoms with Crippen LogP contribution in [-0.4, -0.2) is 28.0 Å². The Morgan fingerprint density at radius 3 is 2.64 bits per heavy atom. The van der Waals surface area contributed by atoms with Crippen LogP contribution in [0.1, 0.15) is 71.9 Å². The molecule has 1 saturated heterocycles. The Morgan fingerprint density at radius 1 is 1.21 bits per heavy atom. The maximum absolute atomic E-state index is 12.6. The fraction of sp³-hybridized carbons (Fsp3) is 0.545. The van der Waals surface area contributed by atoms with Crippen LogP contribution < -0.4 is 10.5 Å². The molecule has 6 nitrogen and oxygen atoms in total. The van der Waals surface area contributed by atoms with Crippen LogP contribution in [-0.2, 0) is 11.8 Å². The molecule has 2 fully saturated rings. The number of nitriles is 1. The molecule has 144 valence electrons. The molecule has 3 heterocycles. The van der Waals surface area contributed by atoms with Gasteiger partial charge >= 0.3 is 0 Å². The van der Waals surface area contributed by atoms with Crippen LogP contribution in [0.3, 0.4) is 0 Å². The van der Waals surface area contributed by atoms with E-state index < -0.39 is 0 Å². The van der Waals surface area contributed by atoms with Crippen molar-refractivity contribution in [2.75, 3.05) is 18.0 Å². The second-order valence-corrected chi connectivity index (χ2v) is 8.71. The topological polar surface area (TPSA) is 85.7 Å². The Kier molecular flexibility index (Phi) is 3.84. The number of nitrogens with one attached hydrogen (secondary N) is 1. The van der Waals surface area contributed by atoms with Crippen molar-refractivity contribution in [2.45, 2.75) is 63.7 Å². The third kappa shape index (κ3) is 2.64. The number of pyridine rings is 1. The second kappa shape index (κ2) is 6.16. The lowest BCUT2D eigenvalue weighted by molar-refractivity contribution is 0.321. The van der Waals surface area contributed by atoms with Gasteiger partial charge < -0.3 is 9.88 Å². The lowest BCUT2D eigenvalue weighted by Crippen LogP contribution is -2.43. The van der Waals surface area contributed by atoms with Gasteiger partial charge in [-0.2, -0.15) is 5.26 Å². The van der Waals surface area contributed by atoms with E-state index in [9.17, 15) is 10.1 Å². The summed E-state index contributed by atoms with van der Waals surface area (Å²) in [6.45, 7) is 5.64. The van der Waals surface area contributed by atoms with Crippen molar-refractivity contribution in [2.24, 2.45) is 0 Å². The van der Waals surface area contributed by atoms with Crippen LogP contribution in [0.25, 0.3) is 0 Å². The number of aromatic nitrogens is 3. The largest absolute Gasteiger partial charge is 0.355 e. The third-order valence-electron chi connectivity index (χ3n) is 6.81. The molecule has 1 N–H and O–H groups in total. The Morgan fingerprint density at radius 2 is 1.96 bits per heavy atom. The highest BCUT2D eigenvalue weighted by Crippen LogP contribution is 2.46. The molecule has 5 rings (SSSR count). The first-order valence-electron chi connectivity index (χ1n) is 10.3. The van der Waals surface area contributed by atoms with Crippen molar-refractivity contribution >= 4 is 5.82 Å². The van der Waals surface area contributed by atoms with E-state index in [2.05, 4.69) is 20.9 Å². The number of aryl methyl sites for hydroxylation is 2. The molecule has 1 spiro atoms. The lowest BCUT2D eigenvalue weighted by atomic mass is 9.76. The molecule has 0 unspecified atom stereocenters. The van der Waals surface area contributed by atoms with Crippen LogP contribution in [0.4, 0.5) is 5.82 Å². The normalized spacial score (nSPS) is 20.2. The first-order chi connectivity index (χ1) is 13.5. The highest BCUT2D eigenvalue weighted by atomic mass is 16.1. The fourth-order valence-electron chi connectivity index (χ4n) is 5.04. The van der Waals surface area contributed by atoms with Gasteiger partial charge in [-0.05, 0) is 64.0 Å². The molecule has 0 bridgehead atoms. The van der Waals surface area contributed by atoms with Crippen LogP contribution >= 0.6 is 0 Å². The number of aromatic amines is 1. The molecule has 1 saturated carbocycles. The summed E-state index contributed by atoms with van der Waals surface area (Å²) in [6.07, 6.45) is 6.02. The average molecular weight is 375 g/mol. The Labute approximate surface area is 164 Å². The van der Waals surface area contributed by atoms with Gasteiger partial charge in [-0.1, -0.05) is 0 Å². The molecule has 2 aromatic heterocycles. The highest BCUT2D eigenvalue weighted by molar-refractivity contribution is 5.58. The minimum absolute atomic E-state index is 0.00933. The second-order valence-electron chi connectivity index (χ2n) is 8.71. The number of H-pyrrole nitrogens is 1. The predicted molar refractivity (Wildman–Crippen MR) is 107 cm³/mol. The molecule has 0 atom stereocenters. The van der Waals surface area contributed by atoms with Crippen molar-refractivity contribution in [3.05, 3.63) is 50.3 Å². The summed E-state index contributed by atoms with van der Waals surface area (Å²) in [5.41, 5.74) is 4.66. The SMILES string of the molecule is Cc1cc(C)c(C#N)c(N2CCC3(CCc4c3nc(C3CC3)[nH]c4=O)CC2)n1. The highest BCUT2D eigenvalue weighted by Gasteiger charge is 2.45. The lowest BCUT2D eigenvalue weighted by Gasteiger charge is -2.40. The van der Waals surface area contributed by atoms with Gasteiger partial charge in [0.2, 0.25) is 0 Å². The van der Waals surface area contributed by atoms with Crippen LogP contribution in [0.15, 0.2) is 10.9 Å². The molecule has 6 heteroatoms. The number of nitrogens with zero attached hydrogens (tertiary/aromatic N) is 4. The molecule has 2 aromatic rings. The summed E-state index contributed by atoms with van der Waals surface area (Å²) in [7, 11) is 0. The summed E-state index contributed by atoms with van der Waals surface area (Å²) in [4.78, 5) is 27.5. The summed E-state index contributed by atoms with van der Waals surface area (Å²) in [5, 5.41) is 9.61. The number of rotatable bonds is 2. The zero-order chi connectivity index (χ0) is 19.5. The van der Waals surface area contributed by atoms with E-state index in [0.29, 0.717) is 11.5 Å². The molecule has 0 amide bonds. The van der Waals surface area contributed by atoms with Gasteiger partial charge in [-0.25, -0.2) is 9.97 Å². The number of hydrogen-bond donors (Lipinski definition) is 1. The Balaban J connectivity index is 1.45. The standard InChI is InChI=1S/C22H25N5O/c1-13-11-14(2)24-20(17(13)12-23)27-9-7-22(8-10-27)6-5-16-18(22)25-19(15-3-4-15)26-21(16)28/h11,15H,3-10H2,1-2H3,(H,25,26,28). The minimum atomic E-state index is 0.00933. The van der Waals surface area contributed by atoms with E-state index in [0.717, 1.165) is 85.8 Å². The summed E-state index contributed by atoms with van der Waals surface area (Å²) >= 11 is 0. The molecular weight excluding hydrogens is 350 g/mol. The molecule has 0 radical (unpaired) electrons. The van der Waals surface area contributed by atoms with Gasteiger partial charge in [0, 0.05) is 35.7 Å². The molecule has 2 aliphatic carbocycles. The van der Waals surface area contributed by atoms with Crippen molar-refractivity contribution in [1.29, 1.82) is 5.26 Å². The van der Waals surface area contributed by atoms with E-state index in [1.54, 1.807) is 0 Å². The number of anilines is 1. The van der Waals surface area contributed by atoms with Crippen molar-refractivity contribution in [3.63, 3.8) is 0 Å². The maximum Gasteiger partial charge on any atom is 0.254 e. The van der Waals surface area contributed by atoms with E-state index in [1.807, 2.05) is 19.9 Å². The summed E-state index contributed by atoms with van der Waals surface area (Å²) in [5.74, 6) is 2.16. The molecule has 3 aliphatic rings. The van der Waals surface area contributed by atoms with Gasteiger partial charge in [0.05, 0.1) is 11.3 Å². The zero-order valence-corrected chi connectivity index (χ0v) is 16.5. The van der Waals surface area contributed by atoms with Gasteiger partial charge in [-0.3, -0.25) is 4.79 Å². The smallest absolute Gasteiger partial charge is 0.254 e. The fourth-order valence-corrected chi connectivity index (χ4v) is 5.04. The zero-order valence-electron chi connectivity index (χ0n) is 16.5. The summed E-state index contributed by atoms with van der Waals surface area (Å²) < 4.78 is 0. The van der Waals surface area contributed by atoms with Crippen molar-refractivity contribution in [3.8, 4) is 6.07 Å². The van der Waals surface area contributed by atoms with E-state index in [-0.39, 0.29) is 11.0 Å². The summed E-state index contributed by atoms with van der Waals surface area (Å²) in [6, 6.07) is 4.31. The first-order valence-corrected chi connectivity index (χ1v) is 10.3. The van der Waals surface area contributed by atoms with Crippen LogP contribution in [0, 0.1) is 25.2 Å². The maximum atomic E-state index is 12.6. The van der Waals surface area contributed by atoms with Crippen molar-refractivity contribution in [1.82, 2.24) is 15.0 Å². The van der Waals surface area contributed by atoms with Gasteiger partial charge in [-0.15, -0.1) is 0 Å². The number of hydrogen-bond acceptors (Lipinski definition) is 5. The molecular formula is C22H25N5O. The van der Waals surface area contributed by atoms with Gasteiger partial charge in [0.25, 0.3) is 5.56 Å². The average Bonchev–Trinajstić information content (AvgIpc) is 3.47. The molecule has 28 heavy (non-hydrogen) atoms. The number of fused-ring (bicyclic) bond motifs is 2. The quantitative estimate of drug-likeness (QED) is 0.872. The minimum Gasteiger partial charge on any atom is -0.355 e. The molecule has 1 aliphatic heterocycles. The first kappa shape index (κ1) is 17.4.